The van der Waals surface area contributed by atoms with Gasteiger partial charge in [-0.2, -0.15) is 0 Å². The van der Waals surface area contributed by atoms with Crippen molar-refractivity contribution in [3.63, 3.8) is 0 Å². The van der Waals surface area contributed by atoms with Crippen LogP contribution in [0.2, 0.25) is 0 Å². The highest BCUT2D eigenvalue weighted by molar-refractivity contribution is 5.96. The number of hydrogen-bond acceptors (Lipinski definition) is 4. The van der Waals surface area contributed by atoms with E-state index in [2.05, 4.69) is 0 Å². The molecule has 2 rings (SSSR count). The average Bonchev–Trinajstić information content (AvgIpc) is 2.82. The molecule has 0 unspecified atom stereocenters. The molecule has 1 fully saturated rings. The van der Waals surface area contributed by atoms with Gasteiger partial charge in [0.2, 0.25) is 0 Å². The van der Waals surface area contributed by atoms with Crippen molar-refractivity contribution in [2.24, 2.45) is 5.73 Å². The molecule has 1 aliphatic heterocycles. The van der Waals surface area contributed by atoms with E-state index < -0.39 is 17.5 Å². The smallest absolute Gasteiger partial charge is 0.335 e. The standard InChI is InChI=1S/C13H14N2O5/c14-13(12(19)20)5-6-15(7-13)10(16)8-1-3-9(4-2-8)11(17)18/h1-4H,5-7,14H2,(H,17,18)(H,19,20)/t13-/m0/s1. The molecule has 0 radical (unpaired) electrons. The summed E-state index contributed by atoms with van der Waals surface area (Å²) in [4.78, 5) is 35.3. The van der Waals surface area contributed by atoms with Gasteiger partial charge in [-0.25, -0.2) is 4.79 Å². The molecular formula is C13H14N2O5. The van der Waals surface area contributed by atoms with Gasteiger partial charge in [0.15, 0.2) is 0 Å². The normalized spacial score (nSPS) is 21.8. The molecule has 106 valence electrons. The summed E-state index contributed by atoms with van der Waals surface area (Å²) in [6.07, 6.45) is 0.196. The third-order valence-electron chi connectivity index (χ3n) is 3.39. The summed E-state index contributed by atoms with van der Waals surface area (Å²) in [7, 11) is 0. The Morgan fingerprint density at radius 2 is 1.65 bits per heavy atom. The fourth-order valence-electron chi connectivity index (χ4n) is 2.12. The number of carboxylic acids is 2. The second-order valence-corrected chi connectivity index (χ2v) is 4.82. The molecule has 1 saturated heterocycles. The Morgan fingerprint density at radius 1 is 1.10 bits per heavy atom. The van der Waals surface area contributed by atoms with E-state index in [1.807, 2.05) is 0 Å². The molecule has 1 amide bonds. The summed E-state index contributed by atoms with van der Waals surface area (Å²) in [5, 5.41) is 17.8. The number of carbonyl (C=O) groups is 3. The van der Waals surface area contributed by atoms with Crippen molar-refractivity contribution in [3.05, 3.63) is 35.4 Å². The van der Waals surface area contributed by atoms with E-state index in [1.54, 1.807) is 0 Å². The van der Waals surface area contributed by atoms with Crippen LogP contribution in [0.4, 0.5) is 0 Å². The van der Waals surface area contributed by atoms with Gasteiger partial charge in [-0.1, -0.05) is 0 Å². The second kappa shape index (κ2) is 4.93. The van der Waals surface area contributed by atoms with E-state index in [4.69, 9.17) is 15.9 Å². The van der Waals surface area contributed by atoms with E-state index in [1.165, 1.54) is 29.2 Å². The van der Waals surface area contributed by atoms with E-state index in [0.29, 0.717) is 5.56 Å². The van der Waals surface area contributed by atoms with Crippen molar-refractivity contribution >= 4 is 17.8 Å². The molecule has 7 heteroatoms. The first kappa shape index (κ1) is 14.0. The van der Waals surface area contributed by atoms with Crippen LogP contribution in [0.5, 0.6) is 0 Å². The maximum Gasteiger partial charge on any atom is 0.335 e. The molecule has 0 aromatic heterocycles. The molecule has 1 heterocycles. The van der Waals surface area contributed by atoms with Crippen LogP contribution in [-0.4, -0.2) is 51.6 Å². The number of carboxylic acid groups (broad SMARTS) is 2. The molecule has 1 aliphatic rings. The summed E-state index contributed by atoms with van der Waals surface area (Å²) in [6, 6.07) is 5.48. The minimum absolute atomic E-state index is 0.0537. The Labute approximate surface area is 114 Å². The van der Waals surface area contributed by atoms with Gasteiger partial charge in [-0.05, 0) is 30.7 Å². The van der Waals surface area contributed by atoms with Crippen molar-refractivity contribution in [1.29, 1.82) is 0 Å². The highest BCUT2D eigenvalue weighted by Crippen LogP contribution is 2.21. The van der Waals surface area contributed by atoms with E-state index >= 15 is 0 Å². The maximum atomic E-state index is 12.2. The van der Waals surface area contributed by atoms with Gasteiger partial charge in [0, 0.05) is 18.7 Å². The first-order valence-electron chi connectivity index (χ1n) is 5.98. The fourth-order valence-corrected chi connectivity index (χ4v) is 2.12. The summed E-state index contributed by atoms with van der Waals surface area (Å²) in [6.45, 7) is 0.212. The molecule has 0 bridgehead atoms. The van der Waals surface area contributed by atoms with E-state index in [9.17, 15) is 14.4 Å². The Bertz CT molecular complexity index is 569. The summed E-state index contributed by atoms with van der Waals surface area (Å²) < 4.78 is 0. The van der Waals surface area contributed by atoms with Crippen LogP contribution in [0.3, 0.4) is 0 Å². The molecule has 0 spiro atoms. The van der Waals surface area contributed by atoms with Crippen LogP contribution in [-0.2, 0) is 4.79 Å². The number of rotatable bonds is 3. The lowest BCUT2D eigenvalue weighted by Gasteiger charge is -2.20. The van der Waals surface area contributed by atoms with Crippen LogP contribution < -0.4 is 5.73 Å². The lowest BCUT2D eigenvalue weighted by atomic mass is 10.0. The van der Waals surface area contributed by atoms with Gasteiger partial charge in [-0.3, -0.25) is 9.59 Å². The largest absolute Gasteiger partial charge is 0.480 e. The van der Waals surface area contributed by atoms with Crippen molar-refractivity contribution in [2.45, 2.75) is 12.0 Å². The number of nitrogens with zero attached hydrogens (tertiary/aromatic N) is 1. The molecule has 1 aromatic rings. The lowest BCUT2D eigenvalue weighted by Crippen LogP contribution is -2.50. The van der Waals surface area contributed by atoms with Gasteiger partial charge in [-0.15, -0.1) is 0 Å². The number of benzene rings is 1. The van der Waals surface area contributed by atoms with Gasteiger partial charge < -0.3 is 20.8 Å². The van der Waals surface area contributed by atoms with Gasteiger partial charge in [0.25, 0.3) is 5.91 Å². The molecule has 1 aromatic carbocycles. The van der Waals surface area contributed by atoms with Crippen molar-refractivity contribution in [2.75, 3.05) is 13.1 Å². The number of aliphatic carboxylic acids is 1. The van der Waals surface area contributed by atoms with Gasteiger partial charge in [0.1, 0.15) is 5.54 Å². The molecule has 1 atom stereocenters. The van der Waals surface area contributed by atoms with Crippen molar-refractivity contribution < 1.29 is 24.6 Å². The summed E-state index contributed by atoms with van der Waals surface area (Å²) in [5.74, 6) is -2.55. The van der Waals surface area contributed by atoms with Gasteiger partial charge >= 0.3 is 11.9 Å². The monoisotopic (exact) mass is 278 g/mol. The molecule has 20 heavy (non-hydrogen) atoms. The van der Waals surface area contributed by atoms with Crippen LogP contribution in [0, 0.1) is 0 Å². The van der Waals surface area contributed by atoms with Crippen LogP contribution >= 0.6 is 0 Å². The van der Waals surface area contributed by atoms with E-state index in [0.717, 1.165) is 0 Å². The Balaban J connectivity index is 2.13. The number of carbonyl (C=O) groups excluding carboxylic acids is 1. The Hall–Kier alpha value is -2.41. The molecule has 4 N–H and O–H groups in total. The minimum atomic E-state index is -1.41. The Kier molecular flexibility index (Phi) is 3.46. The topological polar surface area (TPSA) is 121 Å². The number of hydrogen-bond donors (Lipinski definition) is 3. The van der Waals surface area contributed by atoms with Crippen molar-refractivity contribution in [3.8, 4) is 0 Å². The maximum absolute atomic E-state index is 12.2. The SMILES string of the molecule is N[C@@]1(C(=O)O)CCN(C(=O)c2ccc(C(=O)O)cc2)C1. The second-order valence-electron chi connectivity index (χ2n) is 4.82. The van der Waals surface area contributed by atoms with Crippen LogP contribution in [0.15, 0.2) is 24.3 Å². The average molecular weight is 278 g/mol. The predicted molar refractivity (Wildman–Crippen MR) is 68.5 cm³/mol. The zero-order valence-corrected chi connectivity index (χ0v) is 10.6. The number of likely N-dealkylation sites (tertiary alicyclic amines) is 1. The van der Waals surface area contributed by atoms with Crippen LogP contribution in [0.25, 0.3) is 0 Å². The number of aromatic carboxylic acids is 1. The number of nitrogens with two attached hydrogens (primary N) is 1. The molecular weight excluding hydrogens is 264 g/mol. The van der Waals surface area contributed by atoms with Gasteiger partial charge in [0.05, 0.1) is 5.56 Å². The third kappa shape index (κ3) is 2.48. The number of amides is 1. The molecule has 0 aliphatic carbocycles. The zero-order chi connectivity index (χ0) is 14.9. The molecule has 0 saturated carbocycles. The zero-order valence-electron chi connectivity index (χ0n) is 10.6. The fraction of sp³-hybridized carbons (Fsp3) is 0.308. The molecule has 7 nitrogen and oxygen atoms in total. The van der Waals surface area contributed by atoms with Crippen molar-refractivity contribution in [1.82, 2.24) is 4.90 Å². The Morgan fingerprint density at radius 3 is 2.10 bits per heavy atom. The first-order valence-corrected chi connectivity index (χ1v) is 5.98. The lowest BCUT2D eigenvalue weighted by molar-refractivity contribution is -0.142. The summed E-state index contributed by atoms with van der Waals surface area (Å²) >= 11 is 0. The summed E-state index contributed by atoms with van der Waals surface area (Å²) in [5.41, 5.74) is 4.69. The third-order valence-corrected chi connectivity index (χ3v) is 3.39. The highest BCUT2D eigenvalue weighted by Gasteiger charge is 2.43. The predicted octanol–water partition coefficient (Wildman–Crippen LogP) is 0.0128. The first-order chi connectivity index (χ1) is 9.33. The quantitative estimate of drug-likeness (QED) is 0.716. The van der Waals surface area contributed by atoms with Crippen LogP contribution in [0.1, 0.15) is 27.1 Å². The minimum Gasteiger partial charge on any atom is -0.480 e. The van der Waals surface area contributed by atoms with E-state index in [-0.39, 0.29) is 31.0 Å². The highest BCUT2D eigenvalue weighted by atomic mass is 16.4.